The standard InChI is InChI=1S/C11H8Cl2FN3/c12-9-3-7(14)4-10(13)11(9)16-5-8-1-2-15-6-17-8/h1-4,6,16H,5H2. The maximum absolute atomic E-state index is 13.0. The number of hydrogen-bond acceptors (Lipinski definition) is 3. The summed E-state index contributed by atoms with van der Waals surface area (Å²) in [7, 11) is 0. The first-order valence-electron chi connectivity index (χ1n) is 4.80. The Bertz CT molecular complexity index is 496. The van der Waals surface area contributed by atoms with Gasteiger partial charge in [-0.1, -0.05) is 23.2 Å². The van der Waals surface area contributed by atoms with Gasteiger partial charge in [0.25, 0.3) is 0 Å². The van der Waals surface area contributed by atoms with Gasteiger partial charge in [-0.3, -0.25) is 0 Å². The van der Waals surface area contributed by atoms with Crippen molar-refractivity contribution < 1.29 is 4.39 Å². The molecule has 0 fully saturated rings. The summed E-state index contributed by atoms with van der Waals surface area (Å²) in [5, 5.41) is 3.48. The molecule has 1 aromatic carbocycles. The van der Waals surface area contributed by atoms with Gasteiger partial charge in [0.15, 0.2) is 0 Å². The third-order valence-corrected chi connectivity index (χ3v) is 2.69. The van der Waals surface area contributed by atoms with Gasteiger partial charge in [-0.2, -0.15) is 0 Å². The van der Waals surface area contributed by atoms with Crippen molar-refractivity contribution >= 4 is 28.9 Å². The van der Waals surface area contributed by atoms with Crippen LogP contribution in [0.5, 0.6) is 0 Å². The van der Waals surface area contributed by atoms with E-state index in [0.29, 0.717) is 12.2 Å². The molecule has 0 spiro atoms. The molecule has 0 radical (unpaired) electrons. The third kappa shape index (κ3) is 3.05. The number of anilines is 1. The maximum Gasteiger partial charge on any atom is 0.126 e. The van der Waals surface area contributed by atoms with Crippen LogP contribution in [0.4, 0.5) is 10.1 Å². The lowest BCUT2D eigenvalue weighted by Crippen LogP contribution is -2.03. The molecule has 17 heavy (non-hydrogen) atoms. The molecule has 1 N–H and O–H groups in total. The molecule has 0 saturated carbocycles. The van der Waals surface area contributed by atoms with Gasteiger partial charge < -0.3 is 5.32 Å². The lowest BCUT2D eigenvalue weighted by molar-refractivity contribution is 0.628. The van der Waals surface area contributed by atoms with E-state index in [-0.39, 0.29) is 10.0 Å². The molecule has 0 aliphatic rings. The van der Waals surface area contributed by atoms with E-state index in [1.807, 2.05) is 0 Å². The summed E-state index contributed by atoms with van der Waals surface area (Å²) >= 11 is 11.8. The first-order valence-corrected chi connectivity index (χ1v) is 5.55. The molecule has 0 bridgehead atoms. The monoisotopic (exact) mass is 271 g/mol. The Morgan fingerprint density at radius 1 is 1.24 bits per heavy atom. The predicted molar refractivity (Wildman–Crippen MR) is 65.8 cm³/mol. The minimum absolute atomic E-state index is 0.240. The summed E-state index contributed by atoms with van der Waals surface area (Å²) in [6.45, 7) is 0.438. The fourth-order valence-corrected chi connectivity index (χ4v) is 1.91. The normalized spacial score (nSPS) is 10.3. The molecule has 1 aromatic heterocycles. The Labute approximate surface area is 108 Å². The molecule has 0 atom stereocenters. The van der Waals surface area contributed by atoms with Crippen LogP contribution in [-0.2, 0) is 6.54 Å². The third-order valence-electron chi connectivity index (χ3n) is 2.10. The van der Waals surface area contributed by atoms with E-state index in [1.54, 1.807) is 12.3 Å². The van der Waals surface area contributed by atoms with E-state index in [9.17, 15) is 4.39 Å². The van der Waals surface area contributed by atoms with Crippen molar-refractivity contribution in [2.24, 2.45) is 0 Å². The van der Waals surface area contributed by atoms with Crippen LogP contribution in [-0.4, -0.2) is 9.97 Å². The highest BCUT2D eigenvalue weighted by Gasteiger charge is 2.08. The van der Waals surface area contributed by atoms with E-state index >= 15 is 0 Å². The highest BCUT2D eigenvalue weighted by molar-refractivity contribution is 6.39. The van der Waals surface area contributed by atoms with Crippen molar-refractivity contribution in [3.05, 3.63) is 52.3 Å². The van der Waals surface area contributed by atoms with Crippen LogP contribution in [0, 0.1) is 5.82 Å². The van der Waals surface area contributed by atoms with Crippen molar-refractivity contribution in [1.82, 2.24) is 9.97 Å². The summed E-state index contributed by atoms with van der Waals surface area (Å²) in [5.74, 6) is -0.465. The van der Waals surface area contributed by atoms with Crippen LogP contribution < -0.4 is 5.32 Å². The number of aromatic nitrogens is 2. The Balaban J connectivity index is 2.15. The van der Waals surface area contributed by atoms with Crippen LogP contribution in [0.3, 0.4) is 0 Å². The summed E-state index contributed by atoms with van der Waals surface area (Å²) in [6, 6.07) is 4.17. The number of hydrogen-bond donors (Lipinski definition) is 1. The minimum atomic E-state index is -0.465. The molecule has 88 valence electrons. The quantitative estimate of drug-likeness (QED) is 0.928. The zero-order chi connectivity index (χ0) is 12.3. The lowest BCUT2D eigenvalue weighted by Gasteiger charge is -2.09. The average molecular weight is 272 g/mol. The van der Waals surface area contributed by atoms with Gasteiger partial charge in [0, 0.05) is 6.20 Å². The van der Waals surface area contributed by atoms with E-state index in [0.717, 1.165) is 5.69 Å². The van der Waals surface area contributed by atoms with Gasteiger partial charge in [0.2, 0.25) is 0 Å². The second-order valence-electron chi connectivity index (χ2n) is 3.30. The highest BCUT2D eigenvalue weighted by atomic mass is 35.5. The first kappa shape index (κ1) is 12.1. The molecule has 2 aromatic rings. The summed E-state index contributed by atoms with van der Waals surface area (Å²) < 4.78 is 13.0. The van der Waals surface area contributed by atoms with Crippen molar-refractivity contribution in [3.8, 4) is 0 Å². The maximum atomic E-state index is 13.0. The first-order chi connectivity index (χ1) is 8.16. The van der Waals surface area contributed by atoms with Crippen LogP contribution in [0.2, 0.25) is 10.0 Å². The molecule has 0 saturated heterocycles. The van der Waals surface area contributed by atoms with Gasteiger partial charge in [-0.05, 0) is 18.2 Å². The van der Waals surface area contributed by atoms with E-state index in [1.165, 1.54) is 18.5 Å². The largest absolute Gasteiger partial charge is 0.377 e. The van der Waals surface area contributed by atoms with E-state index < -0.39 is 5.82 Å². The van der Waals surface area contributed by atoms with Gasteiger partial charge in [0.1, 0.15) is 12.1 Å². The molecular weight excluding hydrogens is 264 g/mol. The van der Waals surface area contributed by atoms with Crippen LogP contribution in [0.1, 0.15) is 5.69 Å². The molecule has 3 nitrogen and oxygen atoms in total. The van der Waals surface area contributed by atoms with Gasteiger partial charge in [-0.25, -0.2) is 14.4 Å². The fourth-order valence-electron chi connectivity index (χ4n) is 1.31. The van der Waals surface area contributed by atoms with Crippen molar-refractivity contribution in [2.75, 3.05) is 5.32 Å². The summed E-state index contributed by atoms with van der Waals surface area (Å²) in [5.41, 5.74) is 1.28. The summed E-state index contributed by atoms with van der Waals surface area (Å²) in [4.78, 5) is 7.84. The van der Waals surface area contributed by atoms with Crippen molar-refractivity contribution in [3.63, 3.8) is 0 Å². The second kappa shape index (κ2) is 5.29. The number of nitrogens with one attached hydrogen (secondary N) is 1. The van der Waals surface area contributed by atoms with Gasteiger partial charge in [0.05, 0.1) is 28.0 Å². The highest BCUT2D eigenvalue weighted by Crippen LogP contribution is 2.31. The second-order valence-corrected chi connectivity index (χ2v) is 4.11. The van der Waals surface area contributed by atoms with Gasteiger partial charge >= 0.3 is 0 Å². The molecule has 0 unspecified atom stereocenters. The molecule has 1 heterocycles. The van der Waals surface area contributed by atoms with Crippen molar-refractivity contribution in [1.29, 1.82) is 0 Å². The van der Waals surface area contributed by atoms with Crippen LogP contribution in [0.25, 0.3) is 0 Å². The predicted octanol–water partition coefficient (Wildman–Crippen LogP) is 3.53. The summed E-state index contributed by atoms with van der Waals surface area (Å²) in [6.07, 6.45) is 3.09. The Morgan fingerprint density at radius 2 is 1.94 bits per heavy atom. The van der Waals surface area contributed by atoms with E-state index in [4.69, 9.17) is 23.2 Å². The number of rotatable bonds is 3. The zero-order valence-corrected chi connectivity index (χ0v) is 10.1. The number of benzene rings is 1. The number of halogens is 3. The Kier molecular flexibility index (Phi) is 3.76. The van der Waals surface area contributed by atoms with Crippen molar-refractivity contribution in [2.45, 2.75) is 6.54 Å². The average Bonchev–Trinajstić information content (AvgIpc) is 2.29. The SMILES string of the molecule is Fc1cc(Cl)c(NCc2ccncn2)c(Cl)c1. The zero-order valence-electron chi connectivity index (χ0n) is 8.62. The molecule has 2 rings (SSSR count). The van der Waals surface area contributed by atoms with Crippen LogP contribution >= 0.6 is 23.2 Å². The lowest BCUT2D eigenvalue weighted by atomic mass is 10.3. The molecule has 0 aliphatic heterocycles. The Hall–Kier alpha value is -1.39. The molecule has 6 heteroatoms. The molecular formula is C11H8Cl2FN3. The molecule has 0 aliphatic carbocycles. The van der Waals surface area contributed by atoms with E-state index in [2.05, 4.69) is 15.3 Å². The number of nitrogens with zero attached hydrogens (tertiary/aromatic N) is 2. The smallest absolute Gasteiger partial charge is 0.126 e. The topological polar surface area (TPSA) is 37.8 Å². The fraction of sp³-hybridized carbons (Fsp3) is 0.0909. The molecule has 0 amide bonds. The minimum Gasteiger partial charge on any atom is -0.377 e. The van der Waals surface area contributed by atoms with Gasteiger partial charge in [-0.15, -0.1) is 0 Å². The van der Waals surface area contributed by atoms with Crippen LogP contribution in [0.15, 0.2) is 30.7 Å². The Morgan fingerprint density at radius 3 is 2.53 bits per heavy atom.